The Morgan fingerprint density at radius 3 is 2.55 bits per heavy atom. The molecule has 4 heteroatoms. The van der Waals surface area contributed by atoms with Crippen molar-refractivity contribution in [3.63, 3.8) is 0 Å². The van der Waals surface area contributed by atoms with Gasteiger partial charge in [0.15, 0.2) is 0 Å². The Morgan fingerprint density at radius 1 is 1.36 bits per heavy atom. The second-order valence-corrected chi connectivity index (χ2v) is 5.94. The summed E-state index contributed by atoms with van der Waals surface area (Å²) in [6, 6.07) is 3.25. The van der Waals surface area contributed by atoms with E-state index < -0.39 is 5.97 Å². The first-order chi connectivity index (χ1) is 10.4. The van der Waals surface area contributed by atoms with Gasteiger partial charge >= 0.3 is 5.97 Å². The molecule has 3 N–H and O–H groups in total. The van der Waals surface area contributed by atoms with E-state index in [2.05, 4.69) is 12.7 Å². The number of carbonyl (C=O) groups is 1. The van der Waals surface area contributed by atoms with Crippen LogP contribution in [-0.2, 0) is 11.2 Å². The number of carboxylic acid groups (broad SMARTS) is 1. The first kappa shape index (κ1) is 16.1. The van der Waals surface area contributed by atoms with Crippen LogP contribution in [0.4, 0.5) is 0 Å². The topological polar surface area (TPSA) is 77.8 Å². The van der Waals surface area contributed by atoms with E-state index in [1.807, 2.05) is 13.0 Å². The van der Waals surface area contributed by atoms with Crippen molar-refractivity contribution in [3.05, 3.63) is 47.6 Å². The molecule has 0 saturated heterocycles. The fraction of sp³-hybridized carbons (Fsp3) is 0.389. The Bertz CT molecular complexity index is 593. The van der Waals surface area contributed by atoms with Crippen molar-refractivity contribution >= 4 is 5.97 Å². The second kappa shape index (κ2) is 6.69. The van der Waals surface area contributed by atoms with E-state index in [9.17, 15) is 15.0 Å². The monoisotopic (exact) mass is 302 g/mol. The minimum absolute atomic E-state index is 0.0631. The highest BCUT2D eigenvalue weighted by atomic mass is 16.4. The van der Waals surface area contributed by atoms with E-state index >= 15 is 0 Å². The molecular weight excluding hydrogens is 280 g/mol. The summed E-state index contributed by atoms with van der Waals surface area (Å²) in [5.41, 5.74) is 2.50. The van der Waals surface area contributed by atoms with Crippen LogP contribution in [0, 0.1) is 5.92 Å². The third-order valence-corrected chi connectivity index (χ3v) is 4.17. The molecule has 0 aromatic heterocycles. The number of benzene rings is 1. The summed E-state index contributed by atoms with van der Waals surface area (Å²) in [4.78, 5) is 10.5. The molecule has 2 atom stereocenters. The first-order valence-corrected chi connectivity index (χ1v) is 7.48. The van der Waals surface area contributed by atoms with Gasteiger partial charge in [0.25, 0.3) is 0 Å². The average Bonchev–Trinajstić information content (AvgIpc) is 2.78. The summed E-state index contributed by atoms with van der Waals surface area (Å²) < 4.78 is 0. The molecule has 0 unspecified atom stereocenters. The van der Waals surface area contributed by atoms with Gasteiger partial charge in [-0.25, -0.2) is 0 Å². The SMILES string of the molecule is C=C[C@@H]1CC(C)=C[C@H]1c1c(O)cc(CCCC(=O)O)cc1O. The van der Waals surface area contributed by atoms with Gasteiger partial charge in [-0.15, -0.1) is 6.58 Å². The van der Waals surface area contributed by atoms with E-state index in [4.69, 9.17) is 5.11 Å². The largest absolute Gasteiger partial charge is 0.507 e. The highest BCUT2D eigenvalue weighted by Gasteiger charge is 2.29. The Morgan fingerprint density at radius 2 is 2.00 bits per heavy atom. The summed E-state index contributed by atoms with van der Waals surface area (Å²) in [5.74, 6) is -0.605. The minimum atomic E-state index is -0.842. The number of phenols is 2. The van der Waals surface area contributed by atoms with Crippen LogP contribution < -0.4 is 0 Å². The zero-order valence-electron chi connectivity index (χ0n) is 12.7. The molecule has 4 nitrogen and oxygen atoms in total. The maximum Gasteiger partial charge on any atom is 0.303 e. The molecular formula is C18H22O4. The molecule has 0 amide bonds. The Balaban J connectivity index is 2.23. The molecule has 1 aromatic carbocycles. The standard InChI is InChI=1S/C18H22O4/c1-3-13-7-11(2)8-14(13)18-15(19)9-12(10-16(18)20)5-4-6-17(21)22/h3,8-10,13-14,19-20H,1,4-7H2,2H3,(H,21,22)/t13-,14-/m1/s1. The van der Waals surface area contributed by atoms with E-state index in [1.165, 1.54) is 5.57 Å². The van der Waals surface area contributed by atoms with Gasteiger partial charge in [0.05, 0.1) is 0 Å². The normalized spacial score (nSPS) is 20.7. The third kappa shape index (κ3) is 3.50. The Kier molecular flexibility index (Phi) is 4.91. The van der Waals surface area contributed by atoms with Crippen molar-refractivity contribution in [3.8, 4) is 11.5 Å². The minimum Gasteiger partial charge on any atom is -0.507 e. The number of rotatable bonds is 6. The predicted molar refractivity (Wildman–Crippen MR) is 85.1 cm³/mol. The van der Waals surface area contributed by atoms with Gasteiger partial charge in [0, 0.05) is 17.9 Å². The van der Waals surface area contributed by atoms with Crippen molar-refractivity contribution in [2.75, 3.05) is 0 Å². The molecule has 1 aromatic rings. The molecule has 0 spiro atoms. The van der Waals surface area contributed by atoms with Crippen LogP contribution >= 0.6 is 0 Å². The van der Waals surface area contributed by atoms with Crippen LogP contribution in [0.3, 0.4) is 0 Å². The molecule has 0 radical (unpaired) electrons. The molecule has 0 heterocycles. The van der Waals surface area contributed by atoms with Crippen molar-refractivity contribution in [1.82, 2.24) is 0 Å². The van der Waals surface area contributed by atoms with Gasteiger partial charge in [-0.3, -0.25) is 4.79 Å². The number of allylic oxidation sites excluding steroid dienone is 3. The number of aromatic hydroxyl groups is 2. The number of hydrogen-bond acceptors (Lipinski definition) is 3. The van der Waals surface area contributed by atoms with Crippen molar-refractivity contribution < 1.29 is 20.1 Å². The summed E-state index contributed by atoms with van der Waals surface area (Å²) >= 11 is 0. The van der Waals surface area contributed by atoms with Crippen LogP contribution in [-0.4, -0.2) is 21.3 Å². The second-order valence-electron chi connectivity index (χ2n) is 5.94. The molecule has 1 aliphatic rings. The Hall–Kier alpha value is -2.23. The maximum atomic E-state index is 10.5. The van der Waals surface area contributed by atoms with Gasteiger partial charge in [-0.05, 0) is 49.8 Å². The lowest BCUT2D eigenvalue weighted by atomic mass is 9.86. The van der Waals surface area contributed by atoms with Crippen LogP contribution in [0.2, 0.25) is 0 Å². The molecule has 22 heavy (non-hydrogen) atoms. The number of aliphatic carboxylic acids is 1. The van der Waals surface area contributed by atoms with Crippen LogP contribution in [0.15, 0.2) is 36.4 Å². The highest BCUT2D eigenvalue weighted by Crippen LogP contribution is 2.46. The lowest BCUT2D eigenvalue weighted by Crippen LogP contribution is -2.05. The van der Waals surface area contributed by atoms with E-state index in [0.717, 1.165) is 12.0 Å². The number of carboxylic acids is 1. The lowest BCUT2D eigenvalue weighted by molar-refractivity contribution is -0.137. The maximum absolute atomic E-state index is 10.5. The fourth-order valence-electron chi connectivity index (χ4n) is 3.13. The third-order valence-electron chi connectivity index (χ3n) is 4.17. The summed E-state index contributed by atoms with van der Waals surface area (Å²) in [6.45, 7) is 5.87. The van der Waals surface area contributed by atoms with Crippen LogP contribution in [0.1, 0.15) is 43.2 Å². The number of phenolic OH excluding ortho intramolecular Hbond substituents is 2. The number of aryl methyl sites for hydroxylation is 1. The molecule has 1 aliphatic carbocycles. The predicted octanol–water partition coefficient (Wildman–Crippen LogP) is 3.74. The highest BCUT2D eigenvalue weighted by molar-refractivity contribution is 5.66. The van der Waals surface area contributed by atoms with Gasteiger partial charge in [-0.1, -0.05) is 17.7 Å². The molecule has 0 saturated carbocycles. The van der Waals surface area contributed by atoms with Gasteiger partial charge in [0.2, 0.25) is 0 Å². The molecule has 2 rings (SSSR count). The van der Waals surface area contributed by atoms with Crippen LogP contribution in [0.25, 0.3) is 0 Å². The first-order valence-electron chi connectivity index (χ1n) is 7.48. The zero-order chi connectivity index (χ0) is 16.3. The van der Waals surface area contributed by atoms with Gasteiger partial charge in [0.1, 0.15) is 11.5 Å². The van der Waals surface area contributed by atoms with E-state index in [-0.39, 0.29) is 29.8 Å². The fourth-order valence-corrected chi connectivity index (χ4v) is 3.13. The number of hydrogen-bond donors (Lipinski definition) is 3. The van der Waals surface area contributed by atoms with Gasteiger partial charge < -0.3 is 15.3 Å². The average molecular weight is 302 g/mol. The van der Waals surface area contributed by atoms with Crippen molar-refractivity contribution in [2.24, 2.45) is 5.92 Å². The summed E-state index contributed by atoms with van der Waals surface area (Å²) in [6.07, 6.45) is 5.87. The van der Waals surface area contributed by atoms with E-state index in [1.54, 1.807) is 12.1 Å². The van der Waals surface area contributed by atoms with Crippen molar-refractivity contribution in [2.45, 2.75) is 38.5 Å². The molecule has 118 valence electrons. The molecule has 0 bridgehead atoms. The van der Waals surface area contributed by atoms with E-state index in [0.29, 0.717) is 18.4 Å². The smallest absolute Gasteiger partial charge is 0.303 e. The molecule has 0 aliphatic heterocycles. The van der Waals surface area contributed by atoms with Crippen LogP contribution in [0.5, 0.6) is 11.5 Å². The quantitative estimate of drug-likeness (QED) is 0.699. The van der Waals surface area contributed by atoms with Gasteiger partial charge in [-0.2, -0.15) is 0 Å². The zero-order valence-corrected chi connectivity index (χ0v) is 12.7. The summed E-state index contributed by atoms with van der Waals surface area (Å²) in [7, 11) is 0. The molecule has 0 fully saturated rings. The lowest BCUT2D eigenvalue weighted by Gasteiger charge is -2.19. The Labute approximate surface area is 130 Å². The summed E-state index contributed by atoms with van der Waals surface area (Å²) in [5, 5.41) is 29.3. The van der Waals surface area contributed by atoms with Crippen molar-refractivity contribution in [1.29, 1.82) is 0 Å².